The molecule has 3 N–H and O–H groups in total. The van der Waals surface area contributed by atoms with Crippen molar-refractivity contribution in [1.29, 1.82) is 0 Å². The van der Waals surface area contributed by atoms with Crippen LogP contribution in [0.3, 0.4) is 0 Å². The summed E-state index contributed by atoms with van der Waals surface area (Å²) in [4.78, 5) is 20.4. The summed E-state index contributed by atoms with van der Waals surface area (Å²) >= 11 is 0. The maximum atomic E-state index is 13.3. The van der Waals surface area contributed by atoms with Crippen LogP contribution < -0.4 is 10.6 Å². The number of aromatic amines is 1. The molecule has 0 aliphatic heterocycles. The molecule has 0 radical (unpaired) electrons. The van der Waals surface area contributed by atoms with Crippen molar-refractivity contribution in [2.45, 2.75) is 13.0 Å². The molecule has 0 aliphatic carbocycles. The summed E-state index contributed by atoms with van der Waals surface area (Å²) in [6.07, 6.45) is 0.580. The Morgan fingerprint density at radius 1 is 1.11 bits per heavy atom. The lowest BCUT2D eigenvalue weighted by atomic mass is 10.1. The van der Waals surface area contributed by atoms with Gasteiger partial charge in [-0.3, -0.25) is 9.89 Å². The predicted molar refractivity (Wildman–Crippen MR) is 104 cm³/mol. The number of aryl methyl sites for hydroxylation is 1. The third-order valence-electron chi connectivity index (χ3n) is 4.27. The highest BCUT2D eigenvalue weighted by molar-refractivity contribution is 5.90. The molecule has 28 heavy (non-hydrogen) atoms. The number of para-hydroxylation sites is 1. The van der Waals surface area contributed by atoms with Crippen molar-refractivity contribution < 1.29 is 9.18 Å². The first kappa shape index (κ1) is 17.6. The number of rotatable bonds is 6. The van der Waals surface area contributed by atoms with Crippen LogP contribution in [0.25, 0.3) is 10.9 Å². The number of hydrogen-bond donors (Lipinski definition) is 3. The molecule has 1 atom stereocenters. The fraction of sp³-hybridized carbons (Fsp3) is 0.100. The van der Waals surface area contributed by atoms with Crippen LogP contribution >= 0.6 is 0 Å². The van der Waals surface area contributed by atoms with Crippen molar-refractivity contribution in [3.63, 3.8) is 0 Å². The zero-order valence-corrected chi connectivity index (χ0v) is 15.0. The molecule has 0 bridgehead atoms. The van der Waals surface area contributed by atoms with Crippen LogP contribution in [-0.4, -0.2) is 26.6 Å². The quantitative estimate of drug-likeness (QED) is 0.449. The largest absolute Gasteiger partial charge is 0.345 e. The minimum absolute atomic E-state index is 0.357. The van der Waals surface area contributed by atoms with Gasteiger partial charge in [0.1, 0.15) is 17.7 Å². The molecule has 1 unspecified atom stereocenters. The van der Waals surface area contributed by atoms with Gasteiger partial charge in [-0.25, -0.2) is 14.4 Å². The van der Waals surface area contributed by atoms with Crippen LogP contribution in [0.5, 0.6) is 0 Å². The molecule has 2 heterocycles. The predicted octanol–water partition coefficient (Wildman–Crippen LogP) is 3.38. The van der Waals surface area contributed by atoms with Crippen molar-refractivity contribution in [1.82, 2.24) is 25.5 Å². The molecule has 2 aromatic heterocycles. The molecule has 4 aromatic rings. The molecule has 0 saturated carbocycles. The van der Waals surface area contributed by atoms with E-state index in [1.807, 2.05) is 37.3 Å². The SMILES string of the molecule is Cc1cc(Nc2nc(C(NC=O)c3ccc(F)cc3)nc3ccccc23)n[nH]1. The van der Waals surface area contributed by atoms with Crippen molar-refractivity contribution in [2.75, 3.05) is 5.32 Å². The molecule has 7 nitrogen and oxygen atoms in total. The zero-order chi connectivity index (χ0) is 19.5. The molecule has 8 heteroatoms. The monoisotopic (exact) mass is 376 g/mol. The van der Waals surface area contributed by atoms with Gasteiger partial charge in [0.15, 0.2) is 11.6 Å². The number of benzene rings is 2. The van der Waals surface area contributed by atoms with Crippen LogP contribution in [0.2, 0.25) is 0 Å². The van der Waals surface area contributed by atoms with E-state index in [0.29, 0.717) is 35.0 Å². The number of nitrogens with one attached hydrogen (secondary N) is 3. The van der Waals surface area contributed by atoms with Crippen LogP contribution in [0.15, 0.2) is 54.6 Å². The van der Waals surface area contributed by atoms with Gasteiger partial charge in [-0.15, -0.1) is 0 Å². The summed E-state index contributed by atoms with van der Waals surface area (Å²) in [6, 6.07) is 14.6. The standard InChI is InChI=1S/C20H17FN6O/c1-12-10-17(27-26-12)24-19-15-4-2-3-5-16(15)23-20(25-19)18(22-11-28)13-6-8-14(21)9-7-13/h2-11,18H,1H3,(H,22,28)(H2,23,24,25,26,27). The highest BCUT2D eigenvalue weighted by Gasteiger charge is 2.19. The molecule has 2 aromatic carbocycles. The van der Waals surface area contributed by atoms with Crippen molar-refractivity contribution in [3.8, 4) is 0 Å². The number of aromatic nitrogens is 4. The summed E-state index contributed by atoms with van der Waals surface area (Å²) in [7, 11) is 0. The highest BCUT2D eigenvalue weighted by Crippen LogP contribution is 2.27. The lowest BCUT2D eigenvalue weighted by Gasteiger charge is -2.17. The Morgan fingerprint density at radius 2 is 1.89 bits per heavy atom. The Morgan fingerprint density at radius 3 is 2.61 bits per heavy atom. The van der Waals surface area contributed by atoms with Gasteiger partial charge >= 0.3 is 0 Å². The van der Waals surface area contributed by atoms with Gasteiger partial charge in [0.25, 0.3) is 0 Å². The third kappa shape index (κ3) is 3.52. The smallest absolute Gasteiger partial charge is 0.207 e. The minimum Gasteiger partial charge on any atom is -0.345 e. The Bertz CT molecular complexity index is 1130. The Labute approximate surface area is 160 Å². The second kappa shape index (κ2) is 7.43. The number of carbonyl (C=O) groups is 1. The number of H-pyrrole nitrogens is 1. The molecule has 0 saturated heterocycles. The maximum absolute atomic E-state index is 13.3. The summed E-state index contributed by atoms with van der Waals surface area (Å²) in [5.74, 6) is 1.21. The van der Waals surface area contributed by atoms with Crippen LogP contribution in [-0.2, 0) is 4.79 Å². The van der Waals surface area contributed by atoms with Crippen molar-refractivity contribution in [2.24, 2.45) is 0 Å². The van der Waals surface area contributed by atoms with Gasteiger partial charge in [-0.2, -0.15) is 5.10 Å². The fourth-order valence-corrected chi connectivity index (χ4v) is 2.97. The minimum atomic E-state index is -0.621. The molecule has 140 valence electrons. The zero-order valence-electron chi connectivity index (χ0n) is 15.0. The number of halogens is 1. The number of anilines is 2. The summed E-state index contributed by atoms with van der Waals surface area (Å²) in [6.45, 7) is 1.90. The molecule has 4 rings (SSSR count). The van der Waals surface area contributed by atoms with Crippen molar-refractivity contribution >= 4 is 28.9 Å². The maximum Gasteiger partial charge on any atom is 0.207 e. The molecule has 0 aliphatic rings. The van der Waals surface area contributed by atoms with Gasteiger partial charge < -0.3 is 10.6 Å². The first-order valence-corrected chi connectivity index (χ1v) is 8.65. The molecular weight excluding hydrogens is 359 g/mol. The number of hydrogen-bond acceptors (Lipinski definition) is 5. The molecule has 1 amide bonds. The van der Waals surface area contributed by atoms with E-state index in [-0.39, 0.29) is 5.82 Å². The first-order valence-electron chi connectivity index (χ1n) is 8.65. The number of fused-ring (bicyclic) bond motifs is 1. The third-order valence-corrected chi connectivity index (χ3v) is 4.27. The number of carbonyl (C=O) groups excluding carboxylic acids is 1. The lowest BCUT2D eigenvalue weighted by molar-refractivity contribution is -0.110. The Hall–Kier alpha value is -3.81. The summed E-state index contributed by atoms with van der Waals surface area (Å²) < 4.78 is 13.3. The van der Waals surface area contributed by atoms with Gasteiger partial charge in [0.05, 0.1) is 5.52 Å². The van der Waals surface area contributed by atoms with Gasteiger partial charge in [0, 0.05) is 17.1 Å². The Balaban J connectivity index is 1.83. The van der Waals surface area contributed by atoms with Gasteiger partial charge in [-0.05, 0) is 36.8 Å². The van der Waals surface area contributed by atoms with E-state index in [4.69, 9.17) is 0 Å². The lowest BCUT2D eigenvalue weighted by Crippen LogP contribution is -2.23. The topological polar surface area (TPSA) is 95.6 Å². The highest BCUT2D eigenvalue weighted by atomic mass is 19.1. The first-order chi connectivity index (χ1) is 13.6. The molecule has 0 spiro atoms. The summed E-state index contributed by atoms with van der Waals surface area (Å²) in [5.41, 5.74) is 2.29. The van der Waals surface area contributed by atoms with E-state index in [1.54, 1.807) is 12.1 Å². The molecule has 0 fully saturated rings. The van der Waals surface area contributed by atoms with E-state index in [1.165, 1.54) is 12.1 Å². The number of amides is 1. The summed E-state index contributed by atoms with van der Waals surface area (Å²) in [5, 5.41) is 13.8. The average Bonchev–Trinajstić information content (AvgIpc) is 3.11. The Kier molecular flexibility index (Phi) is 4.67. The normalized spacial score (nSPS) is 11.9. The fourth-order valence-electron chi connectivity index (χ4n) is 2.97. The van der Waals surface area contributed by atoms with Gasteiger partial charge in [0.2, 0.25) is 6.41 Å². The van der Waals surface area contributed by atoms with Crippen LogP contribution in [0.4, 0.5) is 16.0 Å². The van der Waals surface area contributed by atoms with E-state index in [9.17, 15) is 9.18 Å². The second-order valence-corrected chi connectivity index (χ2v) is 6.28. The van der Waals surface area contributed by atoms with E-state index in [2.05, 4.69) is 30.8 Å². The average molecular weight is 376 g/mol. The van der Waals surface area contributed by atoms with E-state index < -0.39 is 6.04 Å². The number of nitrogens with zero attached hydrogens (tertiary/aromatic N) is 3. The van der Waals surface area contributed by atoms with Crippen LogP contribution in [0, 0.1) is 12.7 Å². The second-order valence-electron chi connectivity index (χ2n) is 6.28. The van der Waals surface area contributed by atoms with Gasteiger partial charge in [-0.1, -0.05) is 24.3 Å². The van der Waals surface area contributed by atoms with Crippen LogP contribution in [0.1, 0.15) is 23.1 Å². The van der Waals surface area contributed by atoms with E-state index in [0.717, 1.165) is 11.1 Å². The van der Waals surface area contributed by atoms with E-state index >= 15 is 0 Å². The molecular formula is C20H17FN6O. The van der Waals surface area contributed by atoms with Crippen molar-refractivity contribution in [3.05, 3.63) is 77.5 Å².